The summed E-state index contributed by atoms with van der Waals surface area (Å²) >= 11 is 0. The summed E-state index contributed by atoms with van der Waals surface area (Å²) in [5.74, 6) is -0.702. The maximum Gasteiger partial charge on any atom is 0.265 e. The molecule has 1 amide bonds. The number of hydrogen-bond acceptors (Lipinski definition) is 8. The number of fused-ring (bicyclic) bond motifs is 1. The number of ether oxygens (including phenoxy) is 2. The lowest BCUT2D eigenvalue weighted by atomic mass is 10.0. The van der Waals surface area contributed by atoms with Crippen molar-refractivity contribution in [3.05, 3.63) is 48.2 Å². The van der Waals surface area contributed by atoms with E-state index in [1.54, 1.807) is 18.2 Å². The van der Waals surface area contributed by atoms with Crippen LogP contribution in [0.15, 0.2) is 36.5 Å². The van der Waals surface area contributed by atoms with Crippen LogP contribution in [0.25, 0.3) is 11.3 Å². The molecule has 0 unspecified atom stereocenters. The van der Waals surface area contributed by atoms with Crippen LogP contribution in [-0.2, 0) is 4.79 Å². The number of rotatable bonds is 7. The second-order valence-corrected chi connectivity index (χ2v) is 10.5. The van der Waals surface area contributed by atoms with Gasteiger partial charge in [0, 0.05) is 36.4 Å². The third-order valence-corrected chi connectivity index (χ3v) is 7.40. The van der Waals surface area contributed by atoms with Gasteiger partial charge in [-0.25, -0.2) is 18.7 Å². The normalized spacial score (nSPS) is 15.9. The van der Waals surface area contributed by atoms with Crippen molar-refractivity contribution in [2.45, 2.75) is 38.8 Å². The molecule has 5 rings (SSSR count). The summed E-state index contributed by atoms with van der Waals surface area (Å²) in [7, 11) is 5.62. The fourth-order valence-electron chi connectivity index (χ4n) is 5.32. The summed E-state index contributed by atoms with van der Waals surface area (Å²) in [4.78, 5) is 27.2. The summed E-state index contributed by atoms with van der Waals surface area (Å²) in [6.07, 6.45) is 3.42. The Morgan fingerprint density at radius 3 is 2.50 bits per heavy atom. The van der Waals surface area contributed by atoms with Crippen LogP contribution in [0.2, 0.25) is 0 Å². The molecule has 0 atom stereocenters. The van der Waals surface area contributed by atoms with Gasteiger partial charge in [0.2, 0.25) is 5.95 Å². The van der Waals surface area contributed by atoms with E-state index in [9.17, 15) is 4.79 Å². The van der Waals surface area contributed by atoms with Crippen LogP contribution in [0.1, 0.15) is 26.7 Å². The van der Waals surface area contributed by atoms with E-state index in [1.165, 1.54) is 30.3 Å². The van der Waals surface area contributed by atoms with Crippen molar-refractivity contribution in [1.82, 2.24) is 14.9 Å². The number of methoxy groups -OCH3 is 1. The average molecular weight is 553 g/mol. The molecule has 9 nitrogen and oxygen atoms in total. The van der Waals surface area contributed by atoms with Gasteiger partial charge < -0.3 is 29.5 Å². The Morgan fingerprint density at radius 2 is 1.85 bits per heavy atom. The minimum absolute atomic E-state index is 0.0185. The lowest BCUT2D eigenvalue weighted by molar-refractivity contribution is -0.121. The Kier molecular flexibility index (Phi) is 7.75. The molecule has 1 aromatic heterocycles. The van der Waals surface area contributed by atoms with Gasteiger partial charge in [-0.1, -0.05) is 0 Å². The number of nitrogens with zero attached hydrogens (tertiary/aromatic N) is 5. The monoisotopic (exact) mass is 552 g/mol. The molecule has 1 N–H and O–H groups in total. The summed E-state index contributed by atoms with van der Waals surface area (Å²) in [5, 5.41) is 3.04. The van der Waals surface area contributed by atoms with Gasteiger partial charge in [0.25, 0.3) is 5.91 Å². The topological polar surface area (TPSA) is 83.1 Å². The summed E-state index contributed by atoms with van der Waals surface area (Å²) in [5.41, 5.74) is 2.05. The number of aromatic nitrogens is 2. The molecule has 0 aliphatic carbocycles. The van der Waals surface area contributed by atoms with Crippen molar-refractivity contribution in [2.75, 3.05) is 56.0 Å². The zero-order valence-corrected chi connectivity index (χ0v) is 23.4. The highest BCUT2D eigenvalue weighted by Crippen LogP contribution is 2.41. The number of piperidine rings is 1. The van der Waals surface area contributed by atoms with Crippen LogP contribution < -0.4 is 24.6 Å². The summed E-state index contributed by atoms with van der Waals surface area (Å²) < 4.78 is 41.2. The Balaban J connectivity index is 1.41. The number of carbonyl (C=O) groups is 1. The molecule has 2 aliphatic rings. The first-order chi connectivity index (χ1) is 19.2. The second kappa shape index (κ2) is 11.2. The molecule has 0 saturated carbocycles. The largest absolute Gasteiger partial charge is 0.493 e. The maximum absolute atomic E-state index is 15.2. The molecule has 11 heteroatoms. The van der Waals surface area contributed by atoms with E-state index in [-0.39, 0.29) is 36.1 Å². The molecular formula is C29H34F2N6O3. The minimum Gasteiger partial charge on any atom is -0.493 e. The molecule has 1 saturated heterocycles. The molecule has 2 aromatic carbocycles. The van der Waals surface area contributed by atoms with Gasteiger partial charge in [-0.3, -0.25) is 4.79 Å². The number of benzene rings is 2. The predicted octanol–water partition coefficient (Wildman–Crippen LogP) is 4.84. The van der Waals surface area contributed by atoms with Crippen molar-refractivity contribution < 1.29 is 23.0 Å². The number of hydrogen-bond donors (Lipinski definition) is 1. The molecular weight excluding hydrogens is 518 g/mol. The fourth-order valence-corrected chi connectivity index (χ4v) is 5.32. The smallest absolute Gasteiger partial charge is 0.265 e. The predicted molar refractivity (Wildman–Crippen MR) is 151 cm³/mol. The van der Waals surface area contributed by atoms with Crippen LogP contribution in [0, 0.1) is 11.6 Å². The number of anilines is 4. The van der Waals surface area contributed by atoms with Gasteiger partial charge in [-0.05, 0) is 71.1 Å². The van der Waals surface area contributed by atoms with Crippen LogP contribution in [0.4, 0.5) is 31.8 Å². The zero-order valence-electron chi connectivity index (χ0n) is 23.4. The van der Waals surface area contributed by atoms with Crippen LogP contribution >= 0.6 is 0 Å². The zero-order chi connectivity index (χ0) is 28.6. The number of amides is 1. The van der Waals surface area contributed by atoms with Crippen LogP contribution in [-0.4, -0.2) is 73.8 Å². The highest BCUT2D eigenvalue weighted by atomic mass is 19.1. The van der Waals surface area contributed by atoms with Gasteiger partial charge in [0.1, 0.15) is 11.5 Å². The van der Waals surface area contributed by atoms with Crippen LogP contribution in [0.5, 0.6) is 11.5 Å². The van der Waals surface area contributed by atoms with Gasteiger partial charge in [-0.2, -0.15) is 0 Å². The van der Waals surface area contributed by atoms with Crippen molar-refractivity contribution in [3.8, 4) is 22.8 Å². The quantitative estimate of drug-likeness (QED) is 0.446. The third-order valence-electron chi connectivity index (χ3n) is 7.40. The second-order valence-electron chi connectivity index (χ2n) is 10.5. The van der Waals surface area contributed by atoms with E-state index < -0.39 is 5.82 Å². The SMILES string of the molecule is COc1cnc(Nc2ccc(N3CCC(N(C)C)CC3)c(F)c2)nc1-c1cc(F)c2c(c1)N(C(C)C)C(=O)CO2. The van der Waals surface area contributed by atoms with Gasteiger partial charge in [0.15, 0.2) is 23.9 Å². The standard InChI is InChI=1S/C29H34F2N6O3/c1-17(2)37-24-13-18(12-22(31)28(24)40-16-26(37)38)27-25(39-5)15-32-29(34-27)33-19-6-7-23(21(30)14-19)36-10-8-20(9-11-36)35(3)4/h6-7,12-15,17,20H,8-11,16H2,1-5H3,(H,32,33,34). The maximum atomic E-state index is 15.2. The molecule has 0 spiro atoms. The third kappa shape index (κ3) is 5.38. The molecule has 0 radical (unpaired) electrons. The lowest BCUT2D eigenvalue weighted by Crippen LogP contribution is -2.43. The van der Waals surface area contributed by atoms with Crippen molar-refractivity contribution >= 4 is 28.9 Å². The minimum atomic E-state index is -0.618. The van der Waals surface area contributed by atoms with E-state index in [2.05, 4.69) is 39.2 Å². The van der Waals surface area contributed by atoms with Crippen molar-refractivity contribution in [3.63, 3.8) is 0 Å². The highest BCUT2D eigenvalue weighted by molar-refractivity contribution is 5.99. The number of nitrogens with one attached hydrogen (secondary N) is 1. The summed E-state index contributed by atoms with van der Waals surface area (Å²) in [6.45, 7) is 5.05. The van der Waals surface area contributed by atoms with Gasteiger partial charge >= 0.3 is 0 Å². The first kappa shape index (κ1) is 27.6. The van der Waals surface area contributed by atoms with Crippen molar-refractivity contribution in [1.29, 1.82) is 0 Å². The van der Waals surface area contributed by atoms with E-state index in [0.717, 1.165) is 25.9 Å². The van der Waals surface area contributed by atoms with E-state index >= 15 is 8.78 Å². The van der Waals surface area contributed by atoms with Gasteiger partial charge in [0.05, 0.1) is 24.7 Å². The Hall–Kier alpha value is -3.99. The number of carbonyl (C=O) groups excluding carboxylic acids is 1. The highest BCUT2D eigenvalue weighted by Gasteiger charge is 2.31. The van der Waals surface area contributed by atoms with Crippen molar-refractivity contribution in [2.24, 2.45) is 0 Å². The molecule has 40 heavy (non-hydrogen) atoms. The first-order valence-electron chi connectivity index (χ1n) is 13.3. The fraction of sp³-hybridized carbons (Fsp3) is 0.414. The van der Waals surface area contributed by atoms with E-state index in [4.69, 9.17) is 9.47 Å². The Morgan fingerprint density at radius 1 is 1.10 bits per heavy atom. The molecule has 212 valence electrons. The van der Waals surface area contributed by atoms with E-state index in [1.807, 2.05) is 13.8 Å². The first-order valence-corrected chi connectivity index (χ1v) is 13.3. The average Bonchev–Trinajstić information content (AvgIpc) is 2.92. The Labute approximate surface area is 232 Å². The summed E-state index contributed by atoms with van der Waals surface area (Å²) in [6, 6.07) is 8.20. The molecule has 3 heterocycles. The molecule has 3 aromatic rings. The molecule has 1 fully saturated rings. The Bertz CT molecular complexity index is 1410. The number of halogens is 2. The molecule has 2 aliphatic heterocycles. The van der Waals surface area contributed by atoms with E-state index in [0.29, 0.717) is 40.1 Å². The lowest BCUT2D eigenvalue weighted by Gasteiger charge is -2.36. The molecule has 0 bridgehead atoms. The van der Waals surface area contributed by atoms with Gasteiger partial charge in [-0.15, -0.1) is 0 Å². The van der Waals surface area contributed by atoms with Crippen LogP contribution in [0.3, 0.4) is 0 Å².